The molecule has 3 aliphatic rings. The Balaban J connectivity index is 1.54. The lowest BCUT2D eigenvalue weighted by atomic mass is 9.73. The molecule has 1 amide bonds. The number of hydrogen-bond donors (Lipinski definition) is 2. The van der Waals surface area contributed by atoms with Crippen molar-refractivity contribution < 1.29 is 22.7 Å². The highest BCUT2D eigenvalue weighted by Crippen LogP contribution is 2.52. The van der Waals surface area contributed by atoms with Gasteiger partial charge in [-0.2, -0.15) is 13.2 Å². The number of anilines is 1. The molecule has 1 saturated carbocycles. The maximum atomic E-state index is 13.4. The topological polar surface area (TPSA) is 53.6 Å². The van der Waals surface area contributed by atoms with Gasteiger partial charge in [0.1, 0.15) is 6.10 Å². The molecule has 5 nitrogen and oxygen atoms in total. The number of alkyl carbamates (subject to hydrolysis) is 1. The lowest BCUT2D eigenvalue weighted by molar-refractivity contribution is -0.137. The predicted molar refractivity (Wildman–Crippen MR) is 118 cm³/mol. The molecule has 0 saturated heterocycles. The summed E-state index contributed by atoms with van der Waals surface area (Å²) >= 11 is 0. The predicted octanol–water partition coefficient (Wildman–Crippen LogP) is 4.78. The first kappa shape index (κ1) is 22.7. The van der Waals surface area contributed by atoms with Crippen LogP contribution in [0.2, 0.25) is 0 Å². The van der Waals surface area contributed by atoms with Crippen molar-refractivity contribution in [3.63, 3.8) is 0 Å². The SMILES string of the molecule is CN(C)CCNC(=O)O[C@@H]1C[C@@H]2[C@H](C1)c1cc(C(F)(F)F)ccc1N[C@H]2C1C=CC=CC1. The van der Waals surface area contributed by atoms with Crippen LogP contribution in [0.3, 0.4) is 0 Å². The van der Waals surface area contributed by atoms with Crippen LogP contribution >= 0.6 is 0 Å². The molecule has 0 bridgehead atoms. The molecular weight excluding hydrogens is 419 g/mol. The van der Waals surface area contributed by atoms with Gasteiger partial charge >= 0.3 is 12.3 Å². The molecule has 8 heteroatoms. The highest BCUT2D eigenvalue weighted by molar-refractivity contribution is 5.67. The van der Waals surface area contributed by atoms with E-state index in [1.165, 1.54) is 6.07 Å². The van der Waals surface area contributed by atoms with E-state index in [1.807, 2.05) is 31.1 Å². The molecule has 4 rings (SSSR count). The quantitative estimate of drug-likeness (QED) is 0.679. The third kappa shape index (κ3) is 4.95. The van der Waals surface area contributed by atoms with Crippen LogP contribution in [0.1, 0.15) is 36.3 Å². The van der Waals surface area contributed by atoms with E-state index in [1.54, 1.807) is 6.07 Å². The average molecular weight is 450 g/mol. The number of halogens is 3. The first-order valence-corrected chi connectivity index (χ1v) is 11.1. The van der Waals surface area contributed by atoms with Gasteiger partial charge in [-0.1, -0.05) is 24.3 Å². The number of alkyl halides is 3. The summed E-state index contributed by atoms with van der Waals surface area (Å²) in [5, 5.41) is 6.28. The van der Waals surface area contributed by atoms with Crippen molar-refractivity contribution in [1.82, 2.24) is 10.2 Å². The zero-order chi connectivity index (χ0) is 22.9. The second-order valence-electron chi connectivity index (χ2n) is 9.18. The van der Waals surface area contributed by atoms with Gasteiger partial charge in [-0.3, -0.25) is 0 Å². The van der Waals surface area contributed by atoms with Crippen molar-refractivity contribution >= 4 is 11.8 Å². The minimum atomic E-state index is -4.39. The van der Waals surface area contributed by atoms with E-state index >= 15 is 0 Å². The highest BCUT2D eigenvalue weighted by atomic mass is 19.4. The standard InChI is InChI=1S/C24H30F3N3O2/c1-30(2)11-10-28-23(31)32-17-13-18-19-12-16(24(25,26)27)8-9-21(19)29-22(20(18)14-17)15-6-4-3-5-7-15/h3-6,8-9,12,15,17-18,20,22,29H,7,10-11,13-14H2,1-2H3,(H,28,31)/t15?,17-,18+,20+,22-/m0/s1. The number of amides is 1. The summed E-state index contributed by atoms with van der Waals surface area (Å²) in [4.78, 5) is 14.2. The number of rotatable bonds is 5. The van der Waals surface area contributed by atoms with Crippen molar-refractivity contribution in [2.45, 2.75) is 43.5 Å². The van der Waals surface area contributed by atoms with Gasteiger partial charge in [0.25, 0.3) is 0 Å². The zero-order valence-corrected chi connectivity index (χ0v) is 18.4. The Morgan fingerprint density at radius 2 is 2.06 bits per heavy atom. The second kappa shape index (κ2) is 9.17. The Bertz CT molecular complexity index is 897. The number of ether oxygens (including phenoxy) is 1. The molecule has 5 atom stereocenters. The molecule has 2 N–H and O–H groups in total. The van der Waals surface area contributed by atoms with Crippen molar-refractivity contribution in [2.24, 2.45) is 11.8 Å². The third-order valence-electron chi connectivity index (χ3n) is 6.71. The van der Waals surface area contributed by atoms with Crippen LogP contribution in [0.4, 0.5) is 23.7 Å². The number of allylic oxidation sites excluding steroid dienone is 3. The molecule has 2 aliphatic carbocycles. The number of carbonyl (C=O) groups excluding carboxylic acids is 1. The summed E-state index contributed by atoms with van der Waals surface area (Å²) < 4.78 is 45.8. The molecule has 0 aromatic heterocycles. The first-order valence-electron chi connectivity index (χ1n) is 11.1. The molecule has 1 aromatic carbocycles. The largest absolute Gasteiger partial charge is 0.446 e. The zero-order valence-electron chi connectivity index (χ0n) is 18.4. The van der Waals surface area contributed by atoms with Crippen molar-refractivity contribution in [3.05, 3.63) is 53.6 Å². The van der Waals surface area contributed by atoms with Crippen molar-refractivity contribution in [2.75, 3.05) is 32.5 Å². The van der Waals surface area contributed by atoms with E-state index in [0.29, 0.717) is 31.5 Å². The molecule has 1 aromatic rings. The number of fused-ring (bicyclic) bond motifs is 3. The molecule has 1 fully saturated rings. The van der Waals surface area contributed by atoms with Gasteiger partial charge in [-0.05, 0) is 69.0 Å². The van der Waals surface area contributed by atoms with Crippen LogP contribution in [0, 0.1) is 11.8 Å². The van der Waals surface area contributed by atoms with E-state index in [2.05, 4.69) is 22.8 Å². The van der Waals surface area contributed by atoms with Crippen LogP contribution in [-0.2, 0) is 10.9 Å². The van der Waals surface area contributed by atoms with Gasteiger partial charge in [-0.15, -0.1) is 0 Å². The highest BCUT2D eigenvalue weighted by Gasteiger charge is 2.47. The molecular formula is C24H30F3N3O2. The minimum Gasteiger partial charge on any atom is -0.446 e. The maximum absolute atomic E-state index is 13.4. The molecule has 1 heterocycles. The van der Waals surface area contributed by atoms with E-state index in [4.69, 9.17) is 4.74 Å². The fourth-order valence-corrected chi connectivity index (χ4v) is 5.20. The van der Waals surface area contributed by atoms with Crippen LogP contribution < -0.4 is 10.6 Å². The van der Waals surface area contributed by atoms with E-state index in [0.717, 1.165) is 18.2 Å². The van der Waals surface area contributed by atoms with Gasteiger partial charge in [0.05, 0.1) is 5.56 Å². The van der Waals surface area contributed by atoms with Gasteiger partial charge in [0.2, 0.25) is 0 Å². The van der Waals surface area contributed by atoms with E-state index in [9.17, 15) is 18.0 Å². The van der Waals surface area contributed by atoms with Gasteiger partial charge < -0.3 is 20.3 Å². The smallest absolute Gasteiger partial charge is 0.416 e. The molecule has 174 valence electrons. The maximum Gasteiger partial charge on any atom is 0.416 e. The van der Waals surface area contributed by atoms with E-state index < -0.39 is 17.8 Å². The Hall–Kier alpha value is -2.48. The van der Waals surface area contributed by atoms with Crippen LogP contribution in [0.25, 0.3) is 0 Å². The lowest BCUT2D eigenvalue weighted by Crippen LogP contribution is -2.41. The first-order chi connectivity index (χ1) is 15.2. The number of likely N-dealkylation sites (N-methyl/N-ethyl adjacent to an activating group) is 1. The summed E-state index contributed by atoms with van der Waals surface area (Å²) in [7, 11) is 3.84. The minimum absolute atomic E-state index is 0.0795. The lowest BCUT2D eigenvalue weighted by Gasteiger charge is -2.41. The molecule has 1 aliphatic heterocycles. The number of nitrogens with zero attached hydrogens (tertiary/aromatic N) is 1. The second-order valence-corrected chi connectivity index (χ2v) is 9.18. The van der Waals surface area contributed by atoms with Gasteiger partial charge in [0, 0.05) is 30.7 Å². The van der Waals surface area contributed by atoms with Crippen molar-refractivity contribution in [3.8, 4) is 0 Å². The summed E-state index contributed by atoms with van der Waals surface area (Å²) in [6.45, 7) is 1.18. The molecule has 32 heavy (non-hydrogen) atoms. The Labute approximate surface area is 186 Å². The summed E-state index contributed by atoms with van der Waals surface area (Å²) in [5.41, 5.74) is 0.792. The molecule has 0 spiro atoms. The normalized spacial score (nSPS) is 28.8. The fraction of sp³-hybridized carbons (Fsp3) is 0.542. The molecule has 1 unspecified atom stereocenters. The Morgan fingerprint density at radius 3 is 2.75 bits per heavy atom. The van der Waals surface area contributed by atoms with Crippen LogP contribution in [0.15, 0.2) is 42.5 Å². The van der Waals surface area contributed by atoms with Gasteiger partial charge in [-0.25, -0.2) is 4.79 Å². The Morgan fingerprint density at radius 1 is 1.25 bits per heavy atom. The number of benzene rings is 1. The summed E-state index contributed by atoms with van der Waals surface area (Å²) in [5.74, 6) is 0.250. The van der Waals surface area contributed by atoms with Gasteiger partial charge in [0.15, 0.2) is 0 Å². The summed E-state index contributed by atoms with van der Waals surface area (Å²) in [6.07, 6.45) is 5.17. The summed E-state index contributed by atoms with van der Waals surface area (Å²) in [6, 6.07) is 4.04. The number of carbonyl (C=O) groups is 1. The number of hydrogen-bond acceptors (Lipinski definition) is 4. The third-order valence-corrected chi connectivity index (χ3v) is 6.71. The number of nitrogens with one attached hydrogen (secondary N) is 2. The van der Waals surface area contributed by atoms with Crippen LogP contribution in [-0.4, -0.2) is 50.3 Å². The van der Waals surface area contributed by atoms with Crippen LogP contribution in [0.5, 0.6) is 0 Å². The van der Waals surface area contributed by atoms with E-state index in [-0.39, 0.29) is 29.9 Å². The fourth-order valence-electron chi connectivity index (χ4n) is 5.20. The average Bonchev–Trinajstić information content (AvgIpc) is 3.16. The molecule has 0 radical (unpaired) electrons. The Kier molecular flexibility index (Phi) is 6.51. The monoisotopic (exact) mass is 449 g/mol. The van der Waals surface area contributed by atoms with Crippen molar-refractivity contribution in [1.29, 1.82) is 0 Å².